The Morgan fingerprint density at radius 1 is 1.50 bits per heavy atom. The Hall–Kier alpha value is -1.60. The smallest absolute Gasteiger partial charge is 0.339 e. The highest BCUT2D eigenvalue weighted by Crippen LogP contribution is 2.40. The maximum absolute atomic E-state index is 11.5. The van der Waals surface area contributed by atoms with Gasteiger partial charge in [0.05, 0.1) is 0 Å². The maximum Gasteiger partial charge on any atom is 0.339 e. The normalized spacial score (nSPS) is 22.4. The van der Waals surface area contributed by atoms with Crippen molar-refractivity contribution in [2.24, 2.45) is 5.14 Å². The van der Waals surface area contributed by atoms with E-state index in [1.165, 1.54) is 13.0 Å². The lowest BCUT2D eigenvalue weighted by atomic mass is 10.0. The number of carboxylic acid groups (broad SMARTS) is 1. The molecular weight excluding hydrogens is 258 g/mol. The fraction of sp³-hybridized carbons (Fsp3) is 0.364. The van der Waals surface area contributed by atoms with E-state index in [0.717, 1.165) is 5.56 Å². The molecule has 0 spiro atoms. The largest absolute Gasteiger partial charge is 0.478 e. The van der Waals surface area contributed by atoms with E-state index in [4.69, 9.17) is 15.0 Å². The van der Waals surface area contributed by atoms with E-state index >= 15 is 0 Å². The molecule has 7 heteroatoms. The second-order valence-corrected chi connectivity index (χ2v) is 6.52. The van der Waals surface area contributed by atoms with Crippen LogP contribution in [-0.2, 0) is 16.4 Å². The molecule has 0 bridgehead atoms. The molecule has 3 N–H and O–H groups in total. The second kappa shape index (κ2) is 3.69. The monoisotopic (exact) mass is 271 g/mol. The number of rotatable bonds is 2. The molecule has 0 fully saturated rings. The average Bonchev–Trinajstić information content (AvgIpc) is 2.53. The molecule has 1 atom stereocenters. The van der Waals surface area contributed by atoms with Crippen LogP contribution in [0.4, 0.5) is 0 Å². The lowest BCUT2D eigenvalue weighted by molar-refractivity contribution is 0.0690. The van der Waals surface area contributed by atoms with Crippen LogP contribution < -0.4 is 9.88 Å². The number of nitrogens with two attached hydrogens (primary N) is 1. The number of benzene rings is 1. The van der Waals surface area contributed by atoms with Gasteiger partial charge in [0.25, 0.3) is 0 Å². The molecule has 1 aromatic carbocycles. The van der Waals surface area contributed by atoms with Crippen molar-refractivity contribution >= 4 is 16.0 Å². The summed E-state index contributed by atoms with van der Waals surface area (Å²) in [5.41, 5.74) is 1.23. The van der Waals surface area contributed by atoms with Crippen LogP contribution in [0.1, 0.15) is 28.4 Å². The number of hydrogen-bond donors (Lipinski definition) is 2. The van der Waals surface area contributed by atoms with Gasteiger partial charge < -0.3 is 9.84 Å². The Kier molecular flexibility index (Phi) is 2.64. The molecule has 0 radical (unpaired) electrons. The first-order valence-electron chi connectivity index (χ1n) is 5.22. The summed E-state index contributed by atoms with van der Waals surface area (Å²) in [7, 11) is -3.94. The molecular formula is C11H13NO5S. The van der Waals surface area contributed by atoms with Gasteiger partial charge >= 0.3 is 5.97 Å². The molecule has 1 aliphatic heterocycles. The molecule has 0 amide bonds. The summed E-state index contributed by atoms with van der Waals surface area (Å²) < 4.78 is 28.3. The summed E-state index contributed by atoms with van der Waals surface area (Å²) in [4.78, 5) is 9.51. The SMILES string of the molecule is Cc1cc2c(c(C(=O)O)c1)OC(C)(S(N)(=O)=O)C2. The number of sulfonamides is 1. The number of fused-ring (bicyclic) bond motifs is 1. The third kappa shape index (κ3) is 1.85. The van der Waals surface area contributed by atoms with Gasteiger partial charge in [-0.25, -0.2) is 18.4 Å². The molecule has 1 aromatic rings. The molecule has 98 valence electrons. The summed E-state index contributed by atoms with van der Waals surface area (Å²) in [5.74, 6) is -1.07. The fourth-order valence-electron chi connectivity index (χ4n) is 2.02. The van der Waals surface area contributed by atoms with Crippen molar-refractivity contribution in [3.63, 3.8) is 0 Å². The molecule has 0 aliphatic carbocycles. The Labute approximate surface area is 104 Å². The van der Waals surface area contributed by atoms with Crippen molar-refractivity contribution in [1.29, 1.82) is 0 Å². The number of aromatic carboxylic acids is 1. The highest BCUT2D eigenvalue weighted by molar-refractivity contribution is 7.90. The first kappa shape index (κ1) is 12.8. The van der Waals surface area contributed by atoms with E-state index in [-0.39, 0.29) is 17.7 Å². The van der Waals surface area contributed by atoms with E-state index in [1.807, 2.05) is 0 Å². The molecule has 18 heavy (non-hydrogen) atoms. The lowest BCUT2D eigenvalue weighted by Gasteiger charge is -2.21. The zero-order valence-corrected chi connectivity index (χ0v) is 10.7. The van der Waals surface area contributed by atoms with Crippen LogP contribution in [0.3, 0.4) is 0 Å². The van der Waals surface area contributed by atoms with Crippen LogP contribution in [0.2, 0.25) is 0 Å². The fourth-order valence-corrected chi connectivity index (χ4v) is 2.57. The van der Waals surface area contributed by atoms with Gasteiger partial charge in [-0.15, -0.1) is 0 Å². The van der Waals surface area contributed by atoms with E-state index in [2.05, 4.69) is 0 Å². The van der Waals surface area contributed by atoms with Gasteiger partial charge in [0.1, 0.15) is 11.3 Å². The molecule has 0 aromatic heterocycles. The number of primary sulfonamides is 1. The van der Waals surface area contributed by atoms with Crippen molar-refractivity contribution in [2.75, 3.05) is 0 Å². The van der Waals surface area contributed by atoms with Crippen molar-refractivity contribution < 1.29 is 23.1 Å². The summed E-state index contributed by atoms with van der Waals surface area (Å²) in [6.45, 7) is 3.07. The Morgan fingerprint density at radius 3 is 2.61 bits per heavy atom. The van der Waals surface area contributed by atoms with Crippen LogP contribution >= 0.6 is 0 Å². The Balaban J connectivity index is 2.60. The molecule has 0 saturated carbocycles. The van der Waals surface area contributed by atoms with E-state index in [0.29, 0.717) is 5.56 Å². The minimum Gasteiger partial charge on any atom is -0.478 e. The zero-order chi connectivity index (χ0) is 13.7. The van der Waals surface area contributed by atoms with Crippen molar-refractivity contribution in [3.05, 3.63) is 28.8 Å². The second-order valence-electron chi connectivity index (χ2n) is 4.56. The predicted molar refractivity (Wildman–Crippen MR) is 64.0 cm³/mol. The van der Waals surface area contributed by atoms with Gasteiger partial charge in [0, 0.05) is 12.0 Å². The van der Waals surface area contributed by atoms with E-state index in [9.17, 15) is 13.2 Å². The number of aryl methyl sites for hydroxylation is 1. The van der Waals surface area contributed by atoms with Crippen LogP contribution in [0.15, 0.2) is 12.1 Å². The van der Waals surface area contributed by atoms with Crippen LogP contribution in [0.5, 0.6) is 5.75 Å². The van der Waals surface area contributed by atoms with Crippen molar-refractivity contribution in [2.45, 2.75) is 25.2 Å². The predicted octanol–water partition coefficient (Wildman–Crippen LogP) is 0.633. The maximum atomic E-state index is 11.5. The highest BCUT2D eigenvalue weighted by atomic mass is 32.2. The van der Waals surface area contributed by atoms with Gasteiger partial charge in [0.2, 0.25) is 15.0 Å². The molecule has 1 unspecified atom stereocenters. The van der Waals surface area contributed by atoms with Gasteiger partial charge in [-0.05, 0) is 25.5 Å². The first-order valence-corrected chi connectivity index (χ1v) is 6.77. The summed E-state index contributed by atoms with van der Waals surface area (Å²) in [6.07, 6.45) is 0.0448. The lowest BCUT2D eigenvalue weighted by Crippen LogP contribution is -2.44. The average molecular weight is 271 g/mol. The first-order chi connectivity index (χ1) is 8.14. The number of hydrogen-bond acceptors (Lipinski definition) is 4. The number of carbonyl (C=O) groups is 1. The topological polar surface area (TPSA) is 107 Å². The summed E-state index contributed by atoms with van der Waals surface area (Å²) >= 11 is 0. The molecule has 1 aliphatic rings. The Morgan fingerprint density at radius 2 is 2.11 bits per heavy atom. The van der Waals surface area contributed by atoms with Gasteiger partial charge in [-0.3, -0.25) is 0 Å². The molecule has 0 saturated heterocycles. The van der Waals surface area contributed by atoms with Crippen LogP contribution in [0, 0.1) is 6.92 Å². The third-order valence-electron chi connectivity index (χ3n) is 2.97. The molecule has 1 heterocycles. The molecule has 6 nitrogen and oxygen atoms in total. The Bertz CT molecular complexity index is 637. The van der Waals surface area contributed by atoms with Crippen molar-refractivity contribution in [3.8, 4) is 5.75 Å². The van der Waals surface area contributed by atoms with Gasteiger partial charge in [0.15, 0.2) is 0 Å². The van der Waals surface area contributed by atoms with Crippen molar-refractivity contribution in [1.82, 2.24) is 0 Å². The van der Waals surface area contributed by atoms with E-state index in [1.54, 1.807) is 13.0 Å². The molecule has 2 rings (SSSR count). The van der Waals surface area contributed by atoms with Crippen LogP contribution in [0.25, 0.3) is 0 Å². The summed E-state index contributed by atoms with van der Waals surface area (Å²) in [5, 5.41) is 14.2. The minimum absolute atomic E-state index is 0.0441. The van der Waals surface area contributed by atoms with E-state index < -0.39 is 20.9 Å². The van der Waals surface area contributed by atoms with Gasteiger partial charge in [-0.2, -0.15) is 0 Å². The van der Waals surface area contributed by atoms with Gasteiger partial charge in [-0.1, -0.05) is 6.07 Å². The third-order valence-corrected chi connectivity index (χ3v) is 4.40. The number of carboxylic acids is 1. The minimum atomic E-state index is -3.94. The van der Waals surface area contributed by atoms with Crippen LogP contribution in [-0.4, -0.2) is 24.4 Å². The quantitative estimate of drug-likeness (QED) is 0.820. The standard InChI is InChI=1S/C11H13NO5S/c1-6-3-7-5-11(2,18(12,15)16)17-9(7)8(4-6)10(13)14/h3-4H,5H2,1-2H3,(H,13,14)(H2,12,15,16). The highest BCUT2D eigenvalue weighted by Gasteiger charge is 2.46. The summed E-state index contributed by atoms with van der Waals surface area (Å²) in [6, 6.07) is 3.15. The zero-order valence-electron chi connectivity index (χ0n) is 9.93. The number of ether oxygens (including phenoxy) is 1.